The lowest BCUT2D eigenvalue weighted by Crippen LogP contribution is -2.25. The lowest BCUT2D eigenvalue weighted by Gasteiger charge is -2.15. The van der Waals surface area contributed by atoms with Crippen LogP contribution in [0.4, 0.5) is 13.2 Å². The van der Waals surface area contributed by atoms with Crippen molar-refractivity contribution in [2.75, 3.05) is 0 Å². The van der Waals surface area contributed by atoms with Crippen molar-refractivity contribution >= 4 is 5.97 Å². The molecule has 0 saturated heterocycles. The van der Waals surface area contributed by atoms with Crippen LogP contribution in [0.15, 0.2) is 18.3 Å². The molecule has 0 radical (unpaired) electrons. The van der Waals surface area contributed by atoms with Gasteiger partial charge in [-0.2, -0.15) is 13.2 Å². The predicted molar refractivity (Wildman–Crippen MR) is 47.8 cm³/mol. The Morgan fingerprint density at radius 2 is 2.06 bits per heavy atom. The first kappa shape index (κ1) is 10.9. The van der Waals surface area contributed by atoms with Crippen LogP contribution in [-0.2, 0) is 16.4 Å². The maximum absolute atomic E-state index is 12.6. The van der Waals surface area contributed by atoms with Gasteiger partial charge in [0.05, 0.1) is 11.3 Å². The summed E-state index contributed by atoms with van der Waals surface area (Å²) in [6.45, 7) is 0. The summed E-state index contributed by atoms with van der Waals surface area (Å²) >= 11 is 0. The average Bonchev–Trinajstić information content (AvgIpc) is 2.97. The van der Waals surface area contributed by atoms with E-state index in [9.17, 15) is 18.0 Å². The average molecular weight is 231 g/mol. The second kappa shape index (κ2) is 3.20. The van der Waals surface area contributed by atoms with Crippen molar-refractivity contribution in [2.24, 2.45) is 0 Å². The SMILES string of the molecule is O=C(O)C1(c2ncccc2C(F)(F)F)CC1. The molecule has 1 aliphatic carbocycles. The molecule has 6 heteroatoms. The summed E-state index contributed by atoms with van der Waals surface area (Å²) in [5.41, 5.74) is -2.74. The van der Waals surface area contributed by atoms with Gasteiger partial charge >= 0.3 is 12.1 Å². The number of alkyl halides is 3. The Balaban J connectivity index is 2.54. The number of nitrogens with zero attached hydrogens (tertiary/aromatic N) is 1. The van der Waals surface area contributed by atoms with Crippen LogP contribution in [0.2, 0.25) is 0 Å². The van der Waals surface area contributed by atoms with Gasteiger partial charge in [-0.25, -0.2) is 0 Å². The smallest absolute Gasteiger partial charge is 0.418 e. The summed E-state index contributed by atoms with van der Waals surface area (Å²) in [7, 11) is 0. The van der Waals surface area contributed by atoms with Crippen LogP contribution in [-0.4, -0.2) is 16.1 Å². The van der Waals surface area contributed by atoms with E-state index < -0.39 is 23.1 Å². The molecule has 0 atom stereocenters. The van der Waals surface area contributed by atoms with Crippen molar-refractivity contribution in [3.63, 3.8) is 0 Å². The van der Waals surface area contributed by atoms with Crippen molar-refractivity contribution in [1.82, 2.24) is 4.98 Å². The topological polar surface area (TPSA) is 50.2 Å². The lowest BCUT2D eigenvalue weighted by molar-refractivity contribution is -0.142. The monoisotopic (exact) mass is 231 g/mol. The number of aliphatic carboxylic acids is 1. The van der Waals surface area contributed by atoms with Crippen LogP contribution in [0.3, 0.4) is 0 Å². The minimum Gasteiger partial charge on any atom is -0.481 e. The summed E-state index contributed by atoms with van der Waals surface area (Å²) in [6, 6.07) is 2.02. The van der Waals surface area contributed by atoms with E-state index in [1.165, 1.54) is 6.20 Å². The quantitative estimate of drug-likeness (QED) is 0.848. The highest BCUT2D eigenvalue weighted by molar-refractivity contribution is 5.84. The molecule has 1 aromatic heterocycles. The van der Waals surface area contributed by atoms with Crippen molar-refractivity contribution in [2.45, 2.75) is 24.4 Å². The van der Waals surface area contributed by atoms with Gasteiger partial charge in [0.25, 0.3) is 0 Å². The number of hydrogen-bond donors (Lipinski definition) is 1. The molecule has 3 nitrogen and oxygen atoms in total. The number of aromatic nitrogens is 1. The molecule has 2 rings (SSSR count). The van der Waals surface area contributed by atoms with E-state index in [2.05, 4.69) is 4.98 Å². The molecule has 1 aromatic rings. The number of carboxylic acid groups (broad SMARTS) is 1. The summed E-state index contributed by atoms with van der Waals surface area (Å²) in [5.74, 6) is -1.24. The molecule has 0 unspecified atom stereocenters. The third kappa shape index (κ3) is 1.54. The first-order valence-electron chi connectivity index (χ1n) is 4.64. The van der Waals surface area contributed by atoms with Crippen LogP contribution in [0.1, 0.15) is 24.1 Å². The molecule has 1 fully saturated rings. The summed E-state index contributed by atoms with van der Waals surface area (Å²) in [4.78, 5) is 14.6. The fourth-order valence-corrected chi connectivity index (χ4v) is 1.69. The largest absolute Gasteiger partial charge is 0.481 e. The number of rotatable bonds is 2. The highest BCUT2D eigenvalue weighted by atomic mass is 19.4. The molecule has 0 spiro atoms. The van der Waals surface area contributed by atoms with E-state index in [4.69, 9.17) is 5.11 Å². The van der Waals surface area contributed by atoms with E-state index in [0.29, 0.717) is 0 Å². The molecular weight excluding hydrogens is 223 g/mol. The van der Waals surface area contributed by atoms with E-state index in [-0.39, 0.29) is 18.5 Å². The minimum atomic E-state index is -4.56. The van der Waals surface area contributed by atoms with Gasteiger partial charge in [-0.3, -0.25) is 9.78 Å². The molecule has 1 aliphatic rings. The maximum atomic E-state index is 12.6. The van der Waals surface area contributed by atoms with Gasteiger partial charge in [0, 0.05) is 6.20 Å². The normalized spacial score (nSPS) is 18.2. The first-order valence-corrected chi connectivity index (χ1v) is 4.64. The Morgan fingerprint density at radius 3 is 2.50 bits per heavy atom. The van der Waals surface area contributed by atoms with E-state index in [1.807, 2.05) is 0 Å². The fraction of sp³-hybridized carbons (Fsp3) is 0.400. The Labute approximate surface area is 88.9 Å². The van der Waals surface area contributed by atoms with Crippen molar-refractivity contribution < 1.29 is 23.1 Å². The third-order valence-electron chi connectivity index (χ3n) is 2.73. The first-order chi connectivity index (χ1) is 7.38. The summed E-state index contributed by atoms with van der Waals surface area (Å²) < 4.78 is 37.9. The number of halogens is 3. The third-order valence-corrected chi connectivity index (χ3v) is 2.73. The van der Waals surface area contributed by atoms with Crippen molar-refractivity contribution in [3.8, 4) is 0 Å². The molecule has 0 aliphatic heterocycles. The molecule has 1 saturated carbocycles. The lowest BCUT2D eigenvalue weighted by atomic mass is 9.97. The highest BCUT2D eigenvalue weighted by Crippen LogP contribution is 2.50. The van der Waals surface area contributed by atoms with Crippen LogP contribution < -0.4 is 0 Å². The zero-order valence-corrected chi connectivity index (χ0v) is 8.08. The number of pyridine rings is 1. The standard InChI is InChI=1S/C10H8F3NO2/c11-10(12,13)6-2-1-5-14-7(6)9(3-4-9)8(15)16/h1-2,5H,3-4H2,(H,15,16). The van der Waals surface area contributed by atoms with Crippen molar-refractivity contribution in [1.29, 1.82) is 0 Å². The van der Waals surface area contributed by atoms with Gasteiger partial charge in [0.15, 0.2) is 0 Å². The molecule has 0 bridgehead atoms. The van der Waals surface area contributed by atoms with Crippen molar-refractivity contribution in [3.05, 3.63) is 29.6 Å². The second-order valence-corrected chi connectivity index (χ2v) is 3.78. The highest BCUT2D eigenvalue weighted by Gasteiger charge is 2.56. The molecule has 1 heterocycles. The van der Waals surface area contributed by atoms with Crippen LogP contribution in [0, 0.1) is 0 Å². The zero-order valence-electron chi connectivity index (χ0n) is 8.08. The molecule has 16 heavy (non-hydrogen) atoms. The molecule has 1 N–H and O–H groups in total. The van der Waals surface area contributed by atoms with E-state index >= 15 is 0 Å². The Bertz CT molecular complexity index is 438. The predicted octanol–water partition coefficient (Wildman–Crippen LogP) is 2.22. The summed E-state index contributed by atoms with van der Waals surface area (Å²) in [6.07, 6.45) is -2.95. The molecule has 86 valence electrons. The molecular formula is C10H8F3NO2. The van der Waals surface area contributed by atoms with Gasteiger partial charge < -0.3 is 5.11 Å². The maximum Gasteiger partial charge on any atom is 0.418 e. The molecule has 0 amide bonds. The summed E-state index contributed by atoms with van der Waals surface area (Å²) in [5, 5.41) is 8.94. The van der Waals surface area contributed by atoms with Gasteiger partial charge in [0.1, 0.15) is 5.41 Å². The Hall–Kier alpha value is -1.59. The van der Waals surface area contributed by atoms with Gasteiger partial charge in [-0.15, -0.1) is 0 Å². The van der Waals surface area contributed by atoms with Gasteiger partial charge in [-0.1, -0.05) is 0 Å². The number of hydrogen-bond acceptors (Lipinski definition) is 2. The number of carbonyl (C=O) groups is 1. The Kier molecular flexibility index (Phi) is 2.18. The van der Waals surface area contributed by atoms with E-state index in [0.717, 1.165) is 12.1 Å². The Morgan fingerprint density at radius 1 is 1.44 bits per heavy atom. The fourth-order valence-electron chi connectivity index (χ4n) is 1.69. The molecule has 0 aromatic carbocycles. The van der Waals surface area contributed by atoms with Crippen LogP contribution in [0.25, 0.3) is 0 Å². The van der Waals surface area contributed by atoms with E-state index in [1.54, 1.807) is 0 Å². The minimum absolute atomic E-state index is 0.211. The number of carboxylic acids is 1. The zero-order chi connectivity index (χ0) is 12.0. The van der Waals surface area contributed by atoms with Gasteiger partial charge in [-0.05, 0) is 25.0 Å². The second-order valence-electron chi connectivity index (χ2n) is 3.78. The van der Waals surface area contributed by atoms with Gasteiger partial charge in [0.2, 0.25) is 0 Å². The van der Waals surface area contributed by atoms with Crippen LogP contribution >= 0.6 is 0 Å². The van der Waals surface area contributed by atoms with Crippen LogP contribution in [0.5, 0.6) is 0 Å².